The average molecular weight is 305 g/mol. The van der Waals surface area contributed by atoms with Crippen LogP contribution >= 0.6 is 0 Å². The highest BCUT2D eigenvalue weighted by molar-refractivity contribution is 5.87. The molecule has 2 aromatic rings. The number of hydrogen-bond donors (Lipinski definition) is 3. The van der Waals surface area contributed by atoms with Crippen LogP contribution < -0.4 is 20.1 Å². The molecule has 0 atom stereocenters. The number of aromatic amines is 1. The van der Waals surface area contributed by atoms with Crippen molar-refractivity contribution in [3.8, 4) is 11.5 Å². The first kappa shape index (κ1) is 15.6. The number of hydrogen-bond acceptors (Lipinski definition) is 5. The lowest BCUT2D eigenvalue weighted by Crippen LogP contribution is -2.30. The van der Waals surface area contributed by atoms with Crippen molar-refractivity contribution < 1.29 is 14.3 Å². The van der Waals surface area contributed by atoms with E-state index >= 15 is 0 Å². The number of methoxy groups -OCH3 is 1. The van der Waals surface area contributed by atoms with E-state index in [4.69, 9.17) is 9.47 Å². The number of benzene rings is 1. The van der Waals surface area contributed by atoms with E-state index in [0.717, 1.165) is 5.56 Å². The van der Waals surface area contributed by atoms with Crippen LogP contribution in [-0.4, -0.2) is 41.5 Å². The number of H-pyrrole nitrogens is 1. The summed E-state index contributed by atoms with van der Waals surface area (Å²) in [6.45, 7) is 2.99. The molecule has 2 rings (SSSR count). The Balaban J connectivity index is 1.82. The minimum absolute atomic E-state index is 0.306. The van der Waals surface area contributed by atoms with Crippen LogP contribution in [0, 0.1) is 0 Å². The third kappa shape index (κ3) is 4.37. The van der Waals surface area contributed by atoms with Crippen molar-refractivity contribution in [2.75, 3.05) is 25.6 Å². The molecule has 3 N–H and O–H groups in total. The average Bonchev–Trinajstić information content (AvgIpc) is 3.01. The minimum atomic E-state index is -0.338. The first-order valence-corrected chi connectivity index (χ1v) is 6.93. The van der Waals surface area contributed by atoms with Gasteiger partial charge in [0.1, 0.15) is 6.33 Å². The number of ether oxygens (including phenoxy) is 2. The number of nitrogens with one attached hydrogen (secondary N) is 3. The van der Waals surface area contributed by atoms with Gasteiger partial charge in [-0.05, 0) is 31.0 Å². The monoisotopic (exact) mass is 305 g/mol. The van der Waals surface area contributed by atoms with Gasteiger partial charge in [-0.3, -0.25) is 5.32 Å². The van der Waals surface area contributed by atoms with Gasteiger partial charge >= 0.3 is 6.03 Å². The van der Waals surface area contributed by atoms with Crippen LogP contribution in [0.2, 0.25) is 0 Å². The smallest absolute Gasteiger partial charge is 0.321 e. The molecule has 0 aliphatic rings. The standard InChI is InChI=1S/C14H19N5O3/c1-3-22-11-5-4-10(8-12(11)21-2)6-7-15-14(20)18-13-16-9-17-19-13/h4-5,8-9H,3,6-7H2,1-2H3,(H3,15,16,17,18,19,20). The lowest BCUT2D eigenvalue weighted by atomic mass is 10.1. The van der Waals surface area contributed by atoms with Crippen LogP contribution in [0.5, 0.6) is 11.5 Å². The van der Waals surface area contributed by atoms with E-state index in [0.29, 0.717) is 37.0 Å². The minimum Gasteiger partial charge on any atom is -0.493 e. The SMILES string of the molecule is CCOc1ccc(CCNC(=O)Nc2ncn[nH]2)cc1OC. The third-order valence-electron chi connectivity index (χ3n) is 2.87. The summed E-state index contributed by atoms with van der Waals surface area (Å²) in [5.41, 5.74) is 1.04. The van der Waals surface area contributed by atoms with Gasteiger partial charge in [-0.25, -0.2) is 9.89 Å². The van der Waals surface area contributed by atoms with E-state index in [1.807, 2.05) is 25.1 Å². The Bertz CT molecular complexity index is 601. The van der Waals surface area contributed by atoms with Crippen LogP contribution in [0.4, 0.5) is 10.7 Å². The van der Waals surface area contributed by atoms with Crippen LogP contribution in [0.25, 0.3) is 0 Å². The van der Waals surface area contributed by atoms with Crippen molar-refractivity contribution in [2.24, 2.45) is 0 Å². The van der Waals surface area contributed by atoms with E-state index < -0.39 is 0 Å². The van der Waals surface area contributed by atoms with Gasteiger partial charge in [0.05, 0.1) is 13.7 Å². The van der Waals surface area contributed by atoms with Gasteiger partial charge in [-0.2, -0.15) is 10.1 Å². The molecule has 1 aromatic heterocycles. The molecule has 2 amide bonds. The summed E-state index contributed by atoms with van der Waals surface area (Å²) in [4.78, 5) is 15.4. The van der Waals surface area contributed by atoms with Crippen molar-refractivity contribution in [3.05, 3.63) is 30.1 Å². The Hall–Kier alpha value is -2.77. The number of nitrogens with zero attached hydrogens (tertiary/aromatic N) is 2. The highest BCUT2D eigenvalue weighted by Crippen LogP contribution is 2.28. The van der Waals surface area contributed by atoms with Crippen molar-refractivity contribution in [1.29, 1.82) is 0 Å². The highest BCUT2D eigenvalue weighted by atomic mass is 16.5. The third-order valence-corrected chi connectivity index (χ3v) is 2.87. The van der Waals surface area contributed by atoms with Crippen LogP contribution in [0.3, 0.4) is 0 Å². The summed E-state index contributed by atoms with van der Waals surface area (Å²) < 4.78 is 10.8. The zero-order chi connectivity index (χ0) is 15.8. The molecular formula is C14H19N5O3. The lowest BCUT2D eigenvalue weighted by Gasteiger charge is -2.11. The summed E-state index contributed by atoms with van der Waals surface area (Å²) in [5.74, 6) is 1.70. The molecule has 0 saturated carbocycles. The summed E-state index contributed by atoms with van der Waals surface area (Å²) in [6, 6.07) is 5.38. The van der Waals surface area contributed by atoms with Gasteiger partial charge in [0.15, 0.2) is 11.5 Å². The molecule has 1 heterocycles. The maximum absolute atomic E-state index is 11.6. The van der Waals surface area contributed by atoms with E-state index in [1.165, 1.54) is 6.33 Å². The molecule has 0 radical (unpaired) electrons. The van der Waals surface area contributed by atoms with Crippen molar-refractivity contribution in [2.45, 2.75) is 13.3 Å². The maximum Gasteiger partial charge on any atom is 0.321 e. The predicted octanol–water partition coefficient (Wildman–Crippen LogP) is 1.58. The quantitative estimate of drug-likeness (QED) is 0.721. The summed E-state index contributed by atoms with van der Waals surface area (Å²) in [7, 11) is 1.60. The molecular weight excluding hydrogens is 286 g/mol. The largest absolute Gasteiger partial charge is 0.493 e. The van der Waals surface area contributed by atoms with E-state index in [1.54, 1.807) is 7.11 Å². The Morgan fingerprint density at radius 1 is 1.36 bits per heavy atom. The van der Waals surface area contributed by atoms with Crippen molar-refractivity contribution >= 4 is 12.0 Å². The molecule has 0 unspecified atom stereocenters. The maximum atomic E-state index is 11.6. The molecule has 118 valence electrons. The van der Waals surface area contributed by atoms with Gasteiger partial charge in [0.2, 0.25) is 5.95 Å². The molecule has 0 fully saturated rings. The summed E-state index contributed by atoms with van der Waals surface area (Å²) >= 11 is 0. The topological polar surface area (TPSA) is 101 Å². The summed E-state index contributed by atoms with van der Waals surface area (Å²) in [6.07, 6.45) is 1.99. The molecule has 8 heteroatoms. The van der Waals surface area contributed by atoms with E-state index in [-0.39, 0.29) is 6.03 Å². The van der Waals surface area contributed by atoms with Crippen molar-refractivity contribution in [3.63, 3.8) is 0 Å². The number of amides is 2. The number of carbonyl (C=O) groups excluding carboxylic acids is 1. The van der Waals surface area contributed by atoms with Gasteiger partial charge in [-0.15, -0.1) is 0 Å². The second kappa shape index (κ2) is 7.87. The van der Waals surface area contributed by atoms with Crippen LogP contribution in [0.1, 0.15) is 12.5 Å². The Morgan fingerprint density at radius 2 is 2.23 bits per heavy atom. The van der Waals surface area contributed by atoms with Crippen molar-refractivity contribution in [1.82, 2.24) is 20.5 Å². The Labute approximate surface area is 128 Å². The van der Waals surface area contributed by atoms with Crippen LogP contribution in [0.15, 0.2) is 24.5 Å². The molecule has 0 spiro atoms. The number of rotatable bonds is 7. The Morgan fingerprint density at radius 3 is 2.91 bits per heavy atom. The molecule has 1 aromatic carbocycles. The fourth-order valence-electron chi connectivity index (χ4n) is 1.88. The fraction of sp³-hybridized carbons (Fsp3) is 0.357. The van der Waals surface area contributed by atoms with Crippen LogP contribution in [-0.2, 0) is 6.42 Å². The van der Waals surface area contributed by atoms with Gasteiger partial charge in [-0.1, -0.05) is 6.07 Å². The number of aromatic nitrogens is 3. The second-order valence-corrected chi connectivity index (χ2v) is 4.38. The lowest BCUT2D eigenvalue weighted by molar-refractivity contribution is 0.252. The Kier molecular flexibility index (Phi) is 5.58. The predicted molar refractivity (Wildman–Crippen MR) is 81.3 cm³/mol. The molecule has 22 heavy (non-hydrogen) atoms. The van der Waals surface area contributed by atoms with Gasteiger partial charge < -0.3 is 14.8 Å². The number of urea groups is 1. The zero-order valence-corrected chi connectivity index (χ0v) is 12.5. The second-order valence-electron chi connectivity index (χ2n) is 4.38. The number of carbonyl (C=O) groups is 1. The fourth-order valence-corrected chi connectivity index (χ4v) is 1.88. The molecule has 0 aliphatic heterocycles. The first-order chi connectivity index (χ1) is 10.7. The van der Waals surface area contributed by atoms with E-state index in [9.17, 15) is 4.79 Å². The molecule has 8 nitrogen and oxygen atoms in total. The molecule has 0 bridgehead atoms. The van der Waals surface area contributed by atoms with Gasteiger partial charge in [0, 0.05) is 6.54 Å². The molecule has 0 saturated heterocycles. The van der Waals surface area contributed by atoms with E-state index in [2.05, 4.69) is 25.8 Å². The first-order valence-electron chi connectivity index (χ1n) is 6.93. The normalized spacial score (nSPS) is 10.1. The highest BCUT2D eigenvalue weighted by Gasteiger charge is 2.06. The number of anilines is 1. The van der Waals surface area contributed by atoms with Gasteiger partial charge in [0.25, 0.3) is 0 Å². The zero-order valence-electron chi connectivity index (χ0n) is 12.5. The summed E-state index contributed by atoms with van der Waals surface area (Å²) in [5, 5.41) is 11.5. The molecule has 0 aliphatic carbocycles.